The van der Waals surface area contributed by atoms with Crippen LogP contribution in [0.5, 0.6) is 0 Å². The van der Waals surface area contributed by atoms with E-state index in [1.165, 1.54) is 18.2 Å². The van der Waals surface area contributed by atoms with Crippen LogP contribution in [0.3, 0.4) is 0 Å². The van der Waals surface area contributed by atoms with E-state index in [-0.39, 0.29) is 4.90 Å². The van der Waals surface area contributed by atoms with Crippen molar-refractivity contribution in [3.8, 4) is 0 Å². The minimum Gasteiger partial charge on any atom is -0.282 e. The van der Waals surface area contributed by atoms with E-state index in [0.717, 1.165) is 0 Å². The third-order valence-corrected chi connectivity index (χ3v) is 4.11. The molecule has 0 radical (unpaired) electrons. The van der Waals surface area contributed by atoms with Crippen molar-refractivity contribution in [2.75, 3.05) is 5.43 Å². The topological polar surface area (TPSA) is 105 Å². The van der Waals surface area contributed by atoms with Gasteiger partial charge in [-0.25, -0.2) is 4.98 Å². The SMILES string of the molecule is O=S(=O)(O)c1cccc(C(=NNc2ccccn2)c2ccccn2)c1. The van der Waals surface area contributed by atoms with Crippen molar-refractivity contribution < 1.29 is 13.0 Å². The van der Waals surface area contributed by atoms with Crippen LogP contribution in [0.1, 0.15) is 11.3 Å². The van der Waals surface area contributed by atoms with E-state index in [9.17, 15) is 13.0 Å². The Hall–Kier alpha value is -3.10. The molecule has 2 aromatic heterocycles. The van der Waals surface area contributed by atoms with E-state index in [1.807, 2.05) is 6.07 Å². The van der Waals surface area contributed by atoms with Crippen molar-refractivity contribution in [1.29, 1.82) is 0 Å². The number of aromatic nitrogens is 2. The summed E-state index contributed by atoms with van der Waals surface area (Å²) in [6.07, 6.45) is 3.23. The summed E-state index contributed by atoms with van der Waals surface area (Å²) in [5.41, 5.74) is 4.26. The molecule has 0 spiro atoms. The highest BCUT2D eigenvalue weighted by molar-refractivity contribution is 7.85. The van der Waals surface area contributed by atoms with Crippen molar-refractivity contribution >= 4 is 21.6 Å². The molecule has 0 aliphatic rings. The van der Waals surface area contributed by atoms with Gasteiger partial charge in [0.2, 0.25) is 0 Å². The van der Waals surface area contributed by atoms with E-state index in [0.29, 0.717) is 22.8 Å². The summed E-state index contributed by atoms with van der Waals surface area (Å²) >= 11 is 0. The Morgan fingerprint density at radius 2 is 1.72 bits per heavy atom. The molecule has 3 rings (SSSR count). The molecule has 1 aromatic carbocycles. The number of hydrazone groups is 1. The molecule has 0 aliphatic heterocycles. The Kier molecular flexibility index (Phi) is 4.82. The molecule has 8 heteroatoms. The highest BCUT2D eigenvalue weighted by Gasteiger charge is 2.14. The van der Waals surface area contributed by atoms with Gasteiger partial charge in [-0.2, -0.15) is 13.5 Å². The maximum atomic E-state index is 11.4. The van der Waals surface area contributed by atoms with Gasteiger partial charge in [-0.1, -0.05) is 24.3 Å². The van der Waals surface area contributed by atoms with Crippen molar-refractivity contribution in [2.24, 2.45) is 5.10 Å². The maximum absolute atomic E-state index is 11.4. The van der Waals surface area contributed by atoms with Crippen molar-refractivity contribution in [3.05, 3.63) is 84.3 Å². The van der Waals surface area contributed by atoms with Crippen LogP contribution in [0.2, 0.25) is 0 Å². The van der Waals surface area contributed by atoms with Crippen LogP contribution in [-0.4, -0.2) is 28.7 Å². The Balaban J connectivity index is 2.06. The van der Waals surface area contributed by atoms with E-state index in [4.69, 9.17) is 0 Å². The van der Waals surface area contributed by atoms with Gasteiger partial charge in [0.05, 0.1) is 10.6 Å². The fourth-order valence-corrected chi connectivity index (χ4v) is 2.64. The molecule has 0 saturated carbocycles. The highest BCUT2D eigenvalue weighted by Crippen LogP contribution is 2.15. The van der Waals surface area contributed by atoms with Crippen LogP contribution < -0.4 is 5.43 Å². The predicted octanol–water partition coefficient (Wildman–Crippen LogP) is 2.59. The van der Waals surface area contributed by atoms with Gasteiger partial charge in [0.1, 0.15) is 11.5 Å². The summed E-state index contributed by atoms with van der Waals surface area (Å²) in [5.74, 6) is 0.530. The Morgan fingerprint density at radius 1 is 0.960 bits per heavy atom. The fourth-order valence-electron chi connectivity index (χ4n) is 2.12. The smallest absolute Gasteiger partial charge is 0.282 e. The molecule has 25 heavy (non-hydrogen) atoms. The molecule has 0 aliphatic carbocycles. The van der Waals surface area contributed by atoms with Crippen LogP contribution in [0.25, 0.3) is 0 Å². The van der Waals surface area contributed by atoms with E-state index < -0.39 is 10.1 Å². The molecule has 0 fully saturated rings. The average molecular weight is 354 g/mol. The van der Waals surface area contributed by atoms with E-state index in [2.05, 4.69) is 20.5 Å². The van der Waals surface area contributed by atoms with Gasteiger partial charge in [-0.15, -0.1) is 0 Å². The van der Waals surface area contributed by atoms with E-state index >= 15 is 0 Å². The van der Waals surface area contributed by atoms with Gasteiger partial charge >= 0.3 is 0 Å². The molecule has 3 aromatic rings. The second-order valence-corrected chi connectivity index (χ2v) is 6.43. The molecule has 2 heterocycles. The first-order chi connectivity index (χ1) is 12.0. The van der Waals surface area contributed by atoms with Crippen molar-refractivity contribution in [1.82, 2.24) is 9.97 Å². The lowest BCUT2D eigenvalue weighted by molar-refractivity contribution is 0.483. The van der Waals surface area contributed by atoms with Gasteiger partial charge in [0.25, 0.3) is 10.1 Å². The van der Waals surface area contributed by atoms with Crippen molar-refractivity contribution in [3.63, 3.8) is 0 Å². The Labute approximate surface area is 144 Å². The predicted molar refractivity (Wildman–Crippen MR) is 94.0 cm³/mol. The van der Waals surface area contributed by atoms with Gasteiger partial charge in [0, 0.05) is 18.0 Å². The summed E-state index contributed by atoms with van der Waals surface area (Å²) in [6, 6.07) is 16.5. The molecule has 0 bridgehead atoms. The monoisotopic (exact) mass is 354 g/mol. The molecule has 7 nitrogen and oxygen atoms in total. The molecular weight excluding hydrogens is 340 g/mol. The molecular formula is C17H14N4O3S. The van der Waals surface area contributed by atoms with Crippen LogP contribution >= 0.6 is 0 Å². The third-order valence-electron chi connectivity index (χ3n) is 3.26. The first-order valence-electron chi connectivity index (χ1n) is 7.28. The fraction of sp³-hybridized carbons (Fsp3) is 0. The quantitative estimate of drug-likeness (QED) is 0.414. The number of benzene rings is 1. The number of anilines is 1. The lowest BCUT2D eigenvalue weighted by atomic mass is 10.1. The Bertz CT molecular complexity index is 991. The number of rotatable bonds is 5. The van der Waals surface area contributed by atoms with Gasteiger partial charge in [-0.3, -0.25) is 15.0 Å². The molecule has 0 atom stereocenters. The summed E-state index contributed by atoms with van der Waals surface area (Å²) in [7, 11) is -4.32. The standard InChI is InChI=1S/C17H14N4O3S/c22-25(23,24)14-7-5-6-13(12-14)17(15-8-1-3-10-18-15)21-20-16-9-2-4-11-19-16/h1-12H,(H,19,20)(H,22,23,24). The summed E-state index contributed by atoms with van der Waals surface area (Å²) < 4.78 is 32.1. The molecule has 2 N–H and O–H groups in total. The summed E-state index contributed by atoms with van der Waals surface area (Å²) in [4.78, 5) is 8.16. The highest BCUT2D eigenvalue weighted by atomic mass is 32.2. The first kappa shape index (κ1) is 16.7. The lowest BCUT2D eigenvalue weighted by Gasteiger charge is -2.08. The number of nitrogens with zero attached hydrogens (tertiary/aromatic N) is 3. The van der Waals surface area contributed by atoms with Gasteiger partial charge in [0.15, 0.2) is 0 Å². The zero-order valence-corrected chi connectivity index (χ0v) is 13.8. The molecule has 0 unspecified atom stereocenters. The van der Waals surface area contributed by atoms with Crippen LogP contribution in [0, 0.1) is 0 Å². The van der Waals surface area contributed by atoms with Gasteiger partial charge < -0.3 is 0 Å². The van der Waals surface area contributed by atoms with Crippen LogP contribution in [-0.2, 0) is 10.1 Å². The zero-order valence-electron chi connectivity index (χ0n) is 12.9. The second kappa shape index (κ2) is 7.20. The van der Waals surface area contributed by atoms with Crippen LogP contribution in [0.15, 0.2) is 83.1 Å². The third kappa shape index (κ3) is 4.25. The largest absolute Gasteiger partial charge is 0.294 e. The van der Waals surface area contributed by atoms with Gasteiger partial charge in [-0.05, 0) is 36.4 Å². The summed E-state index contributed by atoms with van der Waals surface area (Å²) in [5, 5.41) is 4.32. The first-order valence-corrected chi connectivity index (χ1v) is 8.72. The molecule has 0 amide bonds. The Morgan fingerprint density at radius 3 is 2.36 bits per heavy atom. The maximum Gasteiger partial charge on any atom is 0.294 e. The second-order valence-electron chi connectivity index (χ2n) is 5.01. The lowest BCUT2D eigenvalue weighted by Crippen LogP contribution is -2.10. The zero-order chi connectivity index (χ0) is 17.7. The summed E-state index contributed by atoms with van der Waals surface area (Å²) in [6.45, 7) is 0. The average Bonchev–Trinajstić information content (AvgIpc) is 2.63. The number of hydrogen-bond acceptors (Lipinski definition) is 6. The minimum atomic E-state index is -4.32. The minimum absolute atomic E-state index is 0.216. The van der Waals surface area contributed by atoms with E-state index in [1.54, 1.807) is 48.8 Å². The number of hydrogen-bond donors (Lipinski definition) is 2. The normalized spacial score (nSPS) is 12.0. The number of nitrogens with one attached hydrogen (secondary N) is 1. The van der Waals surface area contributed by atoms with Crippen molar-refractivity contribution in [2.45, 2.75) is 4.90 Å². The number of pyridine rings is 2. The molecule has 126 valence electrons. The molecule has 0 saturated heterocycles. The van der Waals surface area contributed by atoms with Crippen LogP contribution in [0.4, 0.5) is 5.82 Å².